The third-order valence-corrected chi connectivity index (χ3v) is 4.78. The lowest BCUT2D eigenvalue weighted by Crippen LogP contribution is -2.56. The number of rotatable bonds is 3. The Kier molecular flexibility index (Phi) is 5.23. The lowest BCUT2D eigenvalue weighted by Gasteiger charge is -2.34. The van der Waals surface area contributed by atoms with Crippen LogP contribution in [0.4, 0.5) is 8.78 Å². The van der Waals surface area contributed by atoms with Gasteiger partial charge >= 0.3 is 0 Å². The van der Waals surface area contributed by atoms with Gasteiger partial charge in [-0.05, 0) is 42.3 Å². The summed E-state index contributed by atoms with van der Waals surface area (Å²) in [5.74, 6) is -1.96. The Morgan fingerprint density at radius 1 is 1.18 bits per heavy atom. The van der Waals surface area contributed by atoms with E-state index < -0.39 is 23.7 Å². The van der Waals surface area contributed by atoms with Gasteiger partial charge in [0.15, 0.2) is 0 Å². The third kappa shape index (κ3) is 3.49. The highest BCUT2D eigenvalue weighted by Gasteiger charge is 2.36. The number of carbonyl (C=O) groups excluding carboxylic acids is 2. The van der Waals surface area contributed by atoms with Crippen LogP contribution in [-0.4, -0.2) is 29.8 Å². The number of nitrogens with one attached hydrogen (secondary N) is 1. The number of likely N-dealkylation sites (N-methyl/N-ethyl adjacent to an activating group) is 1. The van der Waals surface area contributed by atoms with Crippen molar-refractivity contribution in [3.05, 3.63) is 76.5 Å². The molecule has 1 N–H and O–H groups in total. The van der Waals surface area contributed by atoms with Crippen molar-refractivity contribution in [2.75, 3.05) is 7.05 Å². The normalized spacial score (nSPS) is 18.5. The molecule has 1 aliphatic rings. The van der Waals surface area contributed by atoms with Gasteiger partial charge in [-0.15, -0.1) is 0 Å². The molecule has 0 saturated carbocycles. The summed E-state index contributed by atoms with van der Waals surface area (Å²) in [6.07, 6.45) is 0.212. The Labute approximate surface area is 160 Å². The molecule has 0 radical (unpaired) electrons. The third-order valence-electron chi connectivity index (χ3n) is 4.78. The Balaban J connectivity index is 1.95. The molecular formula is C21H17F2N3O2. The maximum absolute atomic E-state index is 14.3. The van der Waals surface area contributed by atoms with Crippen molar-refractivity contribution in [3.63, 3.8) is 0 Å². The van der Waals surface area contributed by atoms with Gasteiger partial charge in [-0.3, -0.25) is 9.59 Å². The quantitative estimate of drug-likeness (QED) is 0.831. The summed E-state index contributed by atoms with van der Waals surface area (Å²) in [5, 5.41) is 11.8. The highest BCUT2D eigenvalue weighted by Crippen LogP contribution is 2.27. The molecule has 5 nitrogen and oxygen atoms in total. The zero-order valence-corrected chi connectivity index (χ0v) is 15.3. The van der Waals surface area contributed by atoms with E-state index in [1.54, 1.807) is 12.1 Å². The van der Waals surface area contributed by atoms with E-state index in [9.17, 15) is 23.6 Å². The molecule has 1 aliphatic heterocycles. The average Bonchev–Trinajstić information content (AvgIpc) is 2.68. The number of hydrogen-bond donors (Lipinski definition) is 1. The first-order valence-corrected chi connectivity index (χ1v) is 8.55. The summed E-state index contributed by atoms with van der Waals surface area (Å²) in [5.41, 5.74) is 0.873. The largest absolute Gasteiger partial charge is 0.328 e. The van der Waals surface area contributed by atoms with E-state index in [1.165, 1.54) is 49.2 Å². The summed E-state index contributed by atoms with van der Waals surface area (Å²) in [4.78, 5) is 26.7. The van der Waals surface area contributed by atoms with Crippen LogP contribution in [0, 0.1) is 23.0 Å². The van der Waals surface area contributed by atoms with Gasteiger partial charge in [-0.25, -0.2) is 8.78 Å². The van der Waals surface area contributed by atoms with E-state index in [4.69, 9.17) is 0 Å². The molecule has 2 aromatic rings. The van der Waals surface area contributed by atoms with Crippen molar-refractivity contribution < 1.29 is 18.4 Å². The van der Waals surface area contributed by atoms with Crippen molar-refractivity contribution in [2.24, 2.45) is 0 Å². The summed E-state index contributed by atoms with van der Waals surface area (Å²) in [6, 6.07) is 10.8. The molecule has 2 aromatic carbocycles. The molecule has 0 aromatic heterocycles. The van der Waals surface area contributed by atoms with Crippen LogP contribution in [0.15, 0.2) is 48.2 Å². The van der Waals surface area contributed by atoms with Crippen LogP contribution < -0.4 is 5.32 Å². The standard InChI is InChI=1S/C21H17F2N3O2/c1-12(18-14(11-24)4-3-5-16(18)23)19-21(28)26(2)17(20(27)25-19)10-13-6-8-15(22)9-7-13/h3-9,17H,10H2,1-2H3,(H,25,27). The van der Waals surface area contributed by atoms with Gasteiger partial charge in [-0.2, -0.15) is 5.26 Å². The Hall–Kier alpha value is -3.53. The van der Waals surface area contributed by atoms with Gasteiger partial charge in [0.2, 0.25) is 5.91 Å². The van der Waals surface area contributed by atoms with Gasteiger partial charge in [0.25, 0.3) is 5.91 Å². The molecule has 1 heterocycles. The van der Waals surface area contributed by atoms with E-state index in [0.29, 0.717) is 5.56 Å². The minimum Gasteiger partial charge on any atom is -0.328 e. The number of carbonyl (C=O) groups is 2. The van der Waals surface area contributed by atoms with Crippen molar-refractivity contribution in [1.82, 2.24) is 10.2 Å². The van der Waals surface area contributed by atoms with E-state index in [1.807, 2.05) is 6.07 Å². The monoisotopic (exact) mass is 381 g/mol. The Morgan fingerprint density at radius 2 is 1.86 bits per heavy atom. The van der Waals surface area contributed by atoms with Crippen LogP contribution in [0.1, 0.15) is 23.6 Å². The smallest absolute Gasteiger partial charge is 0.271 e. The van der Waals surface area contributed by atoms with E-state index in [2.05, 4.69) is 5.32 Å². The van der Waals surface area contributed by atoms with Crippen molar-refractivity contribution in [2.45, 2.75) is 19.4 Å². The Morgan fingerprint density at radius 3 is 2.50 bits per heavy atom. The number of piperazine rings is 1. The number of halogens is 2. The van der Waals surface area contributed by atoms with Crippen LogP contribution in [0.25, 0.3) is 5.57 Å². The molecule has 0 bridgehead atoms. The number of benzene rings is 2. The topological polar surface area (TPSA) is 73.2 Å². The van der Waals surface area contributed by atoms with E-state index >= 15 is 0 Å². The van der Waals surface area contributed by atoms with Crippen LogP contribution in [0.3, 0.4) is 0 Å². The number of amides is 2. The fraction of sp³-hybridized carbons (Fsp3) is 0.190. The zero-order chi connectivity index (χ0) is 20.4. The molecule has 1 fully saturated rings. The van der Waals surface area contributed by atoms with Crippen LogP contribution in [0.2, 0.25) is 0 Å². The molecule has 1 unspecified atom stereocenters. The second-order valence-corrected chi connectivity index (χ2v) is 6.53. The predicted molar refractivity (Wildman–Crippen MR) is 98.5 cm³/mol. The lowest BCUT2D eigenvalue weighted by atomic mass is 9.96. The highest BCUT2D eigenvalue weighted by molar-refractivity contribution is 6.09. The fourth-order valence-corrected chi connectivity index (χ4v) is 3.20. The zero-order valence-electron chi connectivity index (χ0n) is 15.3. The summed E-state index contributed by atoms with van der Waals surface area (Å²) in [6.45, 7) is 1.49. The number of hydrogen-bond acceptors (Lipinski definition) is 3. The molecule has 0 spiro atoms. The minimum atomic E-state index is -0.787. The van der Waals surface area contributed by atoms with E-state index in [0.717, 1.165) is 0 Å². The second-order valence-electron chi connectivity index (χ2n) is 6.53. The summed E-state index contributed by atoms with van der Waals surface area (Å²) in [7, 11) is 1.48. The number of nitrogens with zero attached hydrogens (tertiary/aromatic N) is 2. The lowest BCUT2D eigenvalue weighted by molar-refractivity contribution is -0.140. The number of nitriles is 1. The Bertz CT molecular complexity index is 1020. The maximum Gasteiger partial charge on any atom is 0.271 e. The van der Waals surface area contributed by atoms with Crippen LogP contribution in [0.5, 0.6) is 0 Å². The highest BCUT2D eigenvalue weighted by atomic mass is 19.1. The molecule has 28 heavy (non-hydrogen) atoms. The first-order valence-electron chi connectivity index (χ1n) is 8.55. The van der Waals surface area contributed by atoms with Crippen molar-refractivity contribution in [3.8, 4) is 6.07 Å². The van der Waals surface area contributed by atoms with Crippen molar-refractivity contribution in [1.29, 1.82) is 5.26 Å². The molecule has 2 amide bonds. The van der Waals surface area contributed by atoms with Crippen molar-refractivity contribution >= 4 is 17.4 Å². The first kappa shape index (κ1) is 19.2. The molecule has 0 aliphatic carbocycles. The minimum absolute atomic E-state index is 0.0148. The molecule has 7 heteroatoms. The molecular weight excluding hydrogens is 364 g/mol. The van der Waals surface area contributed by atoms with Gasteiger partial charge < -0.3 is 10.2 Å². The SMILES string of the molecule is CC(=C1NC(=O)C(Cc2ccc(F)cc2)N(C)C1=O)c1c(F)cccc1C#N. The predicted octanol–water partition coefficient (Wildman–Crippen LogP) is 2.77. The average molecular weight is 381 g/mol. The van der Waals surface area contributed by atoms with E-state index in [-0.39, 0.29) is 34.6 Å². The second kappa shape index (κ2) is 7.61. The molecule has 3 rings (SSSR count). The van der Waals surface area contributed by atoms with Gasteiger partial charge in [0, 0.05) is 19.0 Å². The fourth-order valence-electron chi connectivity index (χ4n) is 3.20. The molecule has 142 valence electrons. The van der Waals surface area contributed by atoms with Crippen LogP contribution >= 0.6 is 0 Å². The van der Waals surface area contributed by atoms with Gasteiger partial charge in [-0.1, -0.05) is 18.2 Å². The van der Waals surface area contributed by atoms with Gasteiger partial charge in [0.1, 0.15) is 23.4 Å². The first-order chi connectivity index (χ1) is 13.3. The number of allylic oxidation sites excluding steroid dienone is 1. The maximum atomic E-state index is 14.3. The van der Waals surface area contributed by atoms with Crippen LogP contribution in [-0.2, 0) is 16.0 Å². The summed E-state index contributed by atoms with van der Waals surface area (Å²) >= 11 is 0. The van der Waals surface area contributed by atoms with Gasteiger partial charge in [0.05, 0.1) is 11.6 Å². The molecule has 1 atom stereocenters. The summed E-state index contributed by atoms with van der Waals surface area (Å²) < 4.78 is 27.4. The molecule has 1 saturated heterocycles.